The van der Waals surface area contributed by atoms with Crippen molar-refractivity contribution < 1.29 is 38.6 Å². The van der Waals surface area contributed by atoms with E-state index >= 15 is 0 Å². The fourth-order valence-corrected chi connectivity index (χ4v) is 6.80. The molecule has 4 atom stereocenters. The minimum absolute atomic E-state index is 0.0390. The van der Waals surface area contributed by atoms with E-state index in [1.165, 1.54) is 6.92 Å². The van der Waals surface area contributed by atoms with Crippen molar-refractivity contribution in [3.63, 3.8) is 0 Å². The molecular formula is C48H51N5O8. The van der Waals surface area contributed by atoms with Gasteiger partial charge in [-0.1, -0.05) is 115 Å². The topological polar surface area (TPSA) is 184 Å². The van der Waals surface area contributed by atoms with Gasteiger partial charge < -0.3 is 41.2 Å². The van der Waals surface area contributed by atoms with E-state index in [0.29, 0.717) is 23.6 Å². The maximum absolute atomic E-state index is 13.9. The van der Waals surface area contributed by atoms with E-state index in [-0.39, 0.29) is 18.5 Å². The molecule has 61 heavy (non-hydrogen) atoms. The SMILES string of the molecule is C[C@H](NC(=O)[C@H](Cc1ccc(OCc2ccccc2)cc1)NC(=O)OC(C)(C)C)C(=O)N[C@@H](C[C@]1(O)C(=O)Nc2ccccc21)C(=O)NCc1ccc(-c2ccccc2)cc1. The first kappa shape index (κ1) is 43.6. The summed E-state index contributed by atoms with van der Waals surface area (Å²) in [5.41, 5.74) is 2.15. The van der Waals surface area contributed by atoms with E-state index in [1.54, 1.807) is 69.3 Å². The summed E-state index contributed by atoms with van der Waals surface area (Å²) in [5, 5.41) is 25.1. The summed E-state index contributed by atoms with van der Waals surface area (Å²) in [6.45, 7) is 6.97. The summed E-state index contributed by atoms with van der Waals surface area (Å²) < 4.78 is 11.3. The summed E-state index contributed by atoms with van der Waals surface area (Å²) in [7, 11) is 0. The van der Waals surface area contributed by atoms with Crippen molar-refractivity contribution in [3.05, 3.63) is 156 Å². The van der Waals surface area contributed by atoms with E-state index in [4.69, 9.17) is 9.47 Å². The highest BCUT2D eigenvalue weighted by molar-refractivity contribution is 6.05. The summed E-state index contributed by atoms with van der Waals surface area (Å²) in [6, 6.07) is 37.0. The van der Waals surface area contributed by atoms with Gasteiger partial charge in [-0.05, 0) is 73.7 Å². The molecule has 0 aliphatic carbocycles. The predicted octanol–water partition coefficient (Wildman–Crippen LogP) is 5.90. The number of para-hydroxylation sites is 1. The highest BCUT2D eigenvalue weighted by Crippen LogP contribution is 2.39. The number of rotatable bonds is 16. The van der Waals surface area contributed by atoms with Crippen LogP contribution in [-0.2, 0) is 49.1 Å². The number of aliphatic hydroxyl groups is 1. The minimum Gasteiger partial charge on any atom is -0.489 e. The Morgan fingerprint density at radius 3 is 1.95 bits per heavy atom. The van der Waals surface area contributed by atoms with Crippen molar-refractivity contribution in [2.24, 2.45) is 0 Å². The van der Waals surface area contributed by atoms with Gasteiger partial charge >= 0.3 is 6.09 Å². The largest absolute Gasteiger partial charge is 0.489 e. The Kier molecular flexibility index (Phi) is 13.8. The monoisotopic (exact) mass is 825 g/mol. The van der Waals surface area contributed by atoms with E-state index in [0.717, 1.165) is 22.3 Å². The zero-order valence-electron chi connectivity index (χ0n) is 34.6. The van der Waals surface area contributed by atoms with Crippen LogP contribution in [0.3, 0.4) is 0 Å². The molecule has 6 N–H and O–H groups in total. The Morgan fingerprint density at radius 1 is 0.672 bits per heavy atom. The van der Waals surface area contributed by atoms with Gasteiger partial charge in [-0.3, -0.25) is 19.2 Å². The van der Waals surface area contributed by atoms with E-state index < -0.39 is 65.5 Å². The third-order valence-corrected chi connectivity index (χ3v) is 10.0. The first-order valence-corrected chi connectivity index (χ1v) is 20.1. The van der Waals surface area contributed by atoms with E-state index in [9.17, 15) is 29.1 Å². The Balaban J connectivity index is 1.14. The molecule has 0 saturated heterocycles. The van der Waals surface area contributed by atoms with Crippen LogP contribution in [0.5, 0.6) is 5.75 Å². The number of ether oxygens (including phenoxy) is 2. The summed E-state index contributed by atoms with van der Waals surface area (Å²) in [6.07, 6.45) is -1.30. The second kappa shape index (κ2) is 19.4. The van der Waals surface area contributed by atoms with Gasteiger partial charge in [-0.2, -0.15) is 0 Å². The standard InChI is InChI=1S/C48H51N5O8/c1-31(50-44(56)40(53-46(58)61-47(2,3)4)27-32-21-25-37(26-22-32)60-30-34-13-7-5-8-14-34)42(54)51-41(28-48(59)38-17-11-12-18-39(38)52-45(48)57)43(55)49-29-33-19-23-36(24-20-33)35-15-9-6-10-16-35/h5-26,31,40-41,59H,27-30H2,1-4H3,(H,49,55)(H,50,56)(H,51,54)(H,52,57)(H,53,58)/t31-,40-,41-,48+/m0/s1. The average Bonchev–Trinajstić information content (AvgIpc) is 3.50. The van der Waals surface area contributed by atoms with Crippen molar-refractivity contribution >= 4 is 35.4 Å². The van der Waals surface area contributed by atoms with Crippen molar-refractivity contribution in [1.82, 2.24) is 21.3 Å². The first-order chi connectivity index (χ1) is 29.2. The van der Waals surface area contributed by atoms with Crippen LogP contribution in [0.15, 0.2) is 133 Å². The molecule has 1 aliphatic rings. The lowest BCUT2D eigenvalue weighted by Crippen LogP contribution is -2.57. The fraction of sp³-hybridized carbons (Fsp3) is 0.271. The van der Waals surface area contributed by atoms with Gasteiger partial charge in [0.1, 0.15) is 36.1 Å². The number of hydrogen-bond acceptors (Lipinski definition) is 8. The smallest absolute Gasteiger partial charge is 0.408 e. The number of amides is 5. The molecule has 5 amide bonds. The summed E-state index contributed by atoms with van der Waals surface area (Å²) >= 11 is 0. The van der Waals surface area contributed by atoms with Gasteiger partial charge in [0.25, 0.3) is 5.91 Å². The molecule has 0 radical (unpaired) electrons. The molecule has 6 rings (SSSR count). The molecule has 0 aromatic heterocycles. The lowest BCUT2D eigenvalue weighted by atomic mass is 9.88. The Morgan fingerprint density at radius 2 is 1.28 bits per heavy atom. The van der Waals surface area contributed by atoms with Crippen molar-refractivity contribution in [2.75, 3.05) is 5.32 Å². The molecule has 316 valence electrons. The number of hydrogen-bond donors (Lipinski definition) is 6. The Labute approximate surface area is 355 Å². The molecule has 0 fully saturated rings. The fourth-order valence-electron chi connectivity index (χ4n) is 6.80. The number of fused-ring (bicyclic) bond motifs is 1. The number of alkyl carbamates (subject to hydrolysis) is 1. The number of benzene rings is 5. The van der Waals surface area contributed by atoms with Crippen LogP contribution in [0.1, 0.15) is 56.4 Å². The molecule has 5 aromatic rings. The molecule has 5 aromatic carbocycles. The van der Waals surface area contributed by atoms with Crippen molar-refractivity contribution in [3.8, 4) is 16.9 Å². The molecule has 1 aliphatic heterocycles. The highest BCUT2D eigenvalue weighted by Gasteiger charge is 2.48. The number of nitrogens with one attached hydrogen (secondary N) is 5. The van der Waals surface area contributed by atoms with Crippen LogP contribution in [-0.4, -0.2) is 58.6 Å². The minimum atomic E-state index is -2.15. The van der Waals surface area contributed by atoms with Crippen LogP contribution in [0.2, 0.25) is 0 Å². The molecule has 13 nitrogen and oxygen atoms in total. The van der Waals surface area contributed by atoms with E-state index in [2.05, 4.69) is 26.6 Å². The van der Waals surface area contributed by atoms with E-state index in [1.807, 2.05) is 84.9 Å². The van der Waals surface area contributed by atoms with Gasteiger partial charge in [0.15, 0.2) is 5.60 Å². The van der Waals surface area contributed by atoms with Gasteiger partial charge in [0.05, 0.1) is 0 Å². The summed E-state index contributed by atoms with van der Waals surface area (Å²) in [4.78, 5) is 67.7. The Bertz CT molecular complexity index is 2310. The zero-order valence-corrected chi connectivity index (χ0v) is 34.6. The Hall–Kier alpha value is -6.99. The molecule has 0 saturated carbocycles. The molecule has 0 bridgehead atoms. The number of carbonyl (C=O) groups is 5. The maximum atomic E-state index is 13.9. The predicted molar refractivity (Wildman–Crippen MR) is 231 cm³/mol. The molecule has 13 heteroatoms. The highest BCUT2D eigenvalue weighted by atomic mass is 16.6. The number of carbonyl (C=O) groups excluding carboxylic acids is 5. The average molecular weight is 826 g/mol. The third kappa shape index (κ3) is 11.8. The lowest BCUT2D eigenvalue weighted by Gasteiger charge is -2.28. The molecular weight excluding hydrogens is 775 g/mol. The molecule has 1 heterocycles. The normalized spacial score (nSPS) is 15.9. The second-order valence-electron chi connectivity index (χ2n) is 16.0. The van der Waals surface area contributed by atoms with Gasteiger partial charge in [-0.25, -0.2) is 4.79 Å². The van der Waals surface area contributed by atoms with Crippen molar-refractivity contribution in [1.29, 1.82) is 0 Å². The zero-order chi connectivity index (χ0) is 43.6. The first-order valence-electron chi connectivity index (χ1n) is 20.1. The lowest BCUT2D eigenvalue weighted by molar-refractivity contribution is -0.139. The van der Waals surface area contributed by atoms with Crippen LogP contribution < -0.4 is 31.3 Å². The number of anilines is 1. The van der Waals surface area contributed by atoms with Gasteiger partial charge in [0, 0.05) is 30.6 Å². The van der Waals surface area contributed by atoms with Crippen LogP contribution in [0, 0.1) is 0 Å². The second-order valence-corrected chi connectivity index (χ2v) is 16.0. The third-order valence-electron chi connectivity index (χ3n) is 10.0. The van der Waals surface area contributed by atoms with Gasteiger partial charge in [0.2, 0.25) is 17.7 Å². The molecule has 0 spiro atoms. The van der Waals surface area contributed by atoms with Crippen LogP contribution in [0.4, 0.5) is 10.5 Å². The van der Waals surface area contributed by atoms with Crippen LogP contribution >= 0.6 is 0 Å². The summed E-state index contributed by atoms with van der Waals surface area (Å²) in [5.74, 6) is -2.26. The van der Waals surface area contributed by atoms with Crippen LogP contribution in [0.25, 0.3) is 11.1 Å². The van der Waals surface area contributed by atoms with Gasteiger partial charge in [-0.15, -0.1) is 0 Å². The quantitative estimate of drug-likeness (QED) is 0.0710. The molecule has 0 unspecified atom stereocenters. The maximum Gasteiger partial charge on any atom is 0.408 e. The van der Waals surface area contributed by atoms with Crippen molar-refractivity contribution in [2.45, 2.75) is 83.0 Å².